The molecule has 0 aliphatic heterocycles. The average Bonchev–Trinajstić information content (AvgIpc) is 2.94. The molecule has 2 aromatic carbocycles. The molecular weight excluding hydrogens is 329 g/mol. The Balaban J connectivity index is 1.57. The zero-order valence-electron chi connectivity index (χ0n) is 13.5. The second-order valence-electron chi connectivity index (χ2n) is 6.40. The number of imidazole rings is 1. The largest absolute Gasteiger partial charge is 0.573 e. The van der Waals surface area contributed by atoms with Gasteiger partial charge < -0.3 is 9.72 Å². The van der Waals surface area contributed by atoms with Gasteiger partial charge in [-0.2, -0.15) is 0 Å². The van der Waals surface area contributed by atoms with Gasteiger partial charge >= 0.3 is 6.36 Å². The summed E-state index contributed by atoms with van der Waals surface area (Å²) in [4.78, 5) is 7.57. The van der Waals surface area contributed by atoms with Crippen molar-refractivity contribution < 1.29 is 17.9 Å². The number of benzene rings is 2. The van der Waals surface area contributed by atoms with Crippen LogP contribution < -0.4 is 4.74 Å². The van der Waals surface area contributed by atoms with Crippen LogP contribution in [0, 0.1) is 0 Å². The first-order valence-corrected chi connectivity index (χ1v) is 8.31. The number of hydrogen-bond donors (Lipinski definition) is 1. The van der Waals surface area contributed by atoms with Crippen LogP contribution in [-0.2, 0) is 19.3 Å². The summed E-state index contributed by atoms with van der Waals surface area (Å²) in [5, 5.41) is 0. The Morgan fingerprint density at radius 3 is 2.60 bits per heavy atom. The summed E-state index contributed by atoms with van der Waals surface area (Å²) in [6.45, 7) is 0. The molecule has 0 fully saturated rings. The normalized spacial score (nSPS) is 14.5. The van der Waals surface area contributed by atoms with E-state index in [1.165, 1.54) is 36.1 Å². The Kier molecular flexibility index (Phi) is 3.90. The Bertz CT molecular complexity index is 915. The first kappa shape index (κ1) is 16.0. The summed E-state index contributed by atoms with van der Waals surface area (Å²) in [6.07, 6.45) is 0.651. The molecule has 0 atom stereocenters. The quantitative estimate of drug-likeness (QED) is 0.730. The third-order valence-electron chi connectivity index (χ3n) is 4.52. The molecule has 6 heteroatoms. The predicted molar refractivity (Wildman–Crippen MR) is 88.7 cm³/mol. The molecule has 0 amide bonds. The summed E-state index contributed by atoms with van der Waals surface area (Å²) in [6, 6.07) is 10.7. The standard InChI is InChI=1S/C19H17F3N2O/c20-19(21,22)25-15-7-8-16-17(11-15)24-18(23-16)10-12-5-6-13-3-1-2-4-14(13)9-12/h5-9,11H,1-4,10H2,(H,23,24). The molecule has 1 aromatic heterocycles. The van der Waals surface area contributed by atoms with E-state index in [0.29, 0.717) is 17.5 Å². The van der Waals surface area contributed by atoms with Crippen LogP contribution >= 0.6 is 0 Å². The van der Waals surface area contributed by atoms with Gasteiger partial charge in [-0.3, -0.25) is 0 Å². The van der Waals surface area contributed by atoms with Crippen LogP contribution in [0.15, 0.2) is 36.4 Å². The van der Waals surface area contributed by atoms with E-state index in [1.54, 1.807) is 6.07 Å². The smallest absolute Gasteiger partial charge is 0.406 e. The molecule has 130 valence electrons. The van der Waals surface area contributed by atoms with Gasteiger partial charge in [0.05, 0.1) is 11.0 Å². The number of ether oxygens (including phenoxy) is 1. The topological polar surface area (TPSA) is 37.9 Å². The number of fused-ring (bicyclic) bond motifs is 2. The van der Waals surface area contributed by atoms with E-state index >= 15 is 0 Å². The summed E-state index contributed by atoms with van der Waals surface area (Å²) in [5.41, 5.74) is 5.15. The monoisotopic (exact) mass is 346 g/mol. The van der Waals surface area contributed by atoms with Crippen LogP contribution in [0.5, 0.6) is 5.75 Å². The first-order valence-electron chi connectivity index (χ1n) is 8.31. The number of nitrogens with zero attached hydrogens (tertiary/aromatic N) is 1. The highest BCUT2D eigenvalue weighted by atomic mass is 19.4. The van der Waals surface area contributed by atoms with Gasteiger partial charge in [0.25, 0.3) is 0 Å². The lowest BCUT2D eigenvalue weighted by molar-refractivity contribution is -0.274. The molecule has 0 spiro atoms. The highest BCUT2D eigenvalue weighted by Gasteiger charge is 2.31. The maximum absolute atomic E-state index is 12.3. The van der Waals surface area contributed by atoms with E-state index in [1.807, 2.05) is 0 Å². The second kappa shape index (κ2) is 6.10. The van der Waals surface area contributed by atoms with Crippen molar-refractivity contribution in [1.29, 1.82) is 0 Å². The molecule has 0 saturated heterocycles. The third-order valence-corrected chi connectivity index (χ3v) is 4.52. The maximum atomic E-state index is 12.3. The Hall–Kier alpha value is -2.50. The summed E-state index contributed by atoms with van der Waals surface area (Å²) in [5.74, 6) is 0.474. The molecule has 0 bridgehead atoms. The molecule has 4 rings (SSSR count). The van der Waals surface area contributed by atoms with Crippen molar-refractivity contribution in [3.63, 3.8) is 0 Å². The summed E-state index contributed by atoms with van der Waals surface area (Å²) < 4.78 is 40.9. The molecule has 1 aliphatic carbocycles. The van der Waals surface area contributed by atoms with Crippen LogP contribution in [0.1, 0.15) is 35.4 Å². The predicted octanol–water partition coefficient (Wildman–Crippen LogP) is 4.93. The number of aryl methyl sites for hydroxylation is 2. The third kappa shape index (κ3) is 3.62. The first-order chi connectivity index (χ1) is 12.0. The molecule has 3 nitrogen and oxygen atoms in total. The Labute approximate surface area is 142 Å². The van der Waals surface area contributed by atoms with Gasteiger partial charge in [0, 0.05) is 12.5 Å². The number of nitrogens with one attached hydrogen (secondary N) is 1. The van der Waals surface area contributed by atoms with Gasteiger partial charge in [0.1, 0.15) is 11.6 Å². The van der Waals surface area contributed by atoms with Crippen molar-refractivity contribution in [3.8, 4) is 5.75 Å². The maximum Gasteiger partial charge on any atom is 0.573 e. The van der Waals surface area contributed by atoms with Gasteiger partial charge in [-0.15, -0.1) is 13.2 Å². The van der Waals surface area contributed by atoms with Crippen LogP contribution in [0.2, 0.25) is 0 Å². The number of halogens is 3. The second-order valence-corrected chi connectivity index (χ2v) is 6.40. The average molecular weight is 346 g/mol. The lowest BCUT2D eigenvalue weighted by Crippen LogP contribution is -2.16. The lowest BCUT2D eigenvalue weighted by atomic mass is 9.90. The molecule has 0 unspecified atom stereocenters. The van der Waals surface area contributed by atoms with Gasteiger partial charge in [-0.25, -0.2) is 4.98 Å². The molecule has 0 radical (unpaired) electrons. The van der Waals surface area contributed by atoms with Gasteiger partial charge in [-0.05, 0) is 54.5 Å². The fourth-order valence-corrected chi connectivity index (χ4v) is 3.41. The number of hydrogen-bond acceptors (Lipinski definition) is 2. The zero-order valence-corrected chi connectivity index (χ0v) is 13.5. The van der Waals surface area contributed by atoms with E-state index in [4.69, 9.17) is 0 Å². The van der Waals surface area contributed by atoms with Crippen molar-refractivity contribution in [2.24, 2.45) is 0 Å². The fraction of sp³-hybridized carbons (Fsp3) is 0.316. The summed E-state index contributed by atoms with van der Waals surface area (Å²) >= 11 is 0. The van der Waals surface area contributed by atoms with E-state index in [-0.39, 0.29) is 5.75 Å². The number of aromatic amines is 1. The lowest BCUT2D eigenvalue weighted by Gasteiger charge is -2.16. The minimum atomic E-state index is -4.70. The molecular formula is C19H17F3N2O. The van der Waals surface area contributed by atoms with Crippen molar-refractivity contribution >= 4 is 11.0 Å². The molecule has 1 N–H and O–H groups in total. The van der Waals surface area contributed by atoms with Crippen LogP contribution in [-0.4, -0.2) is 16.3 Å². The van der Waals surface area contributed by atoms with E-state index in [9.17, 15) is 13.2 Å². The minimum absolute atomic E-state index is 0.258. The SMILES string of the molecule is FC(F)(F)Oc1ccc2[nH]c(Cc3ccc4c(c3)CCCC4)nc2c1. The number of rotatable bonds is 3. The van der Waals surface area contributed by atoms with E-state index in [2.05, 4.69) is 32.9 Å². The van der Waals surface area contributed by atoms with Crippen molar-refractivity contribution in [2.45, 2.75) is 38.5 Å². The van der Waals surface area contributed by atoms with Gasteiger partial charge in [0.15, 0.2) is 0 Å². The molecule has 25 heavy (non-hydrogen) atoms. The zero-order chi connectivity index (χ0) is 17.4. The van der Waals surface area contributed by atoms with Crippen LogP contribution in [0.25, 0.3) is 11.0 Å². The van der Waals surface area contributed by atoms with Crippen LogP contribution in [0.3, 0.4) is 0 Å². The molecule has 0 saturated carbocycles. The van der Waals surface area contributed by atoms with Crippen molar-refractivity contribution in [3.05, 3.63) is 58.9 Å². The highest BCUT2D eigenvalue weighted by molar-refractivity contribution is 5.76. The van der Waals surface area contributed by atoms with Gasteiger partial charge in [0.2, 0.25) is 0 Å². The molecule has 1 aliphatic rings. The van der Waals surface area contributed by atoms with Crippen molar-refractivity contribution in [2.75, 3.05) is 0 Å². The molecule has 1 heterocycles. The number of aromatic nitrogens is 2. The van der Waals surface area contributed by atoms with Crippen molar-refractivity contribution in [1.82, 2.24) is 9.97 Å². The van der Waals surface area contributed by atoms with Crippen LogP contribution in [0.4, 0.5) is 13.2 Å². The fourth-order valence-electron chi connectivity index (χ4n) is 3.41. The minimum Gasteiger partial charge on any atom is -0.406 e. The molecule has 3 aromatic rings. The van der Waals surface area contributed by atoms with E-state index < -0.39 is 6.36 Å². The number of H-pyrrole nitrogens is 1. The van der Waals surface area contributed by atoms with E-state index in [0.717, 1.165) is 24.2 Å². The highest BCUT2D eigenvalue weighted by Crippen LogP contribution is 2.27. The summed E-state index contributed by atoms with van der Waals surface area (Å²) in [7, 11) is 0. The number of alkyl halides is 3. The Morgan fingerprint density at radius 1 is 1.00 bits per heavy atom. The van der Waals surface area contributed by atoms with Gasteiger partial charge in [-0.1, -0.05) is 18.2 Å². The Morgan fingerprint density at radius 2 is 1.80 bits per heavy atom.